The Hall–Kier alpha value is -4.08. The van der Waals surface area contributed by atoms with Crippen molar-refractivity contribution in [3.63, 3.8) is 0 Å². The molecule has 3 aliphatic rings. The van der Waals surface area contributed by atoms with Crippen molar-refractivity contribution in [3.8, 4) is 0 Å². The summed E-state index contributed by atoms with van der Waals surface area (Å²) in [5, 5.41) is 22.6. The van der Waals surface area contributed by atoms with Crippen LogP contribution in [0.15, 0.2) is 5.10 Å². The number of carboxylic acids is 1. The monoisotopic (exact) mass is 593 g/mol. The summed E-state index contributed by atoms with van der Waals surface area (Å²) in [4.78, 5) is 89.7. The molecule has 0 aromatic carbocycles. The zero-order valence-electron chi connectivity index (χ0n) is 24.0. The van der Waals surface area contributed by atoms with Crippen molar-refractivity contribution >= 4 is 47.7 Å². The van der Waals surface area contributed by atoms with Gasteiger partial charge in [-0.3, -0.25) is 33.8 Å². The van der Waals surface area contributed by atoms with Gasteiger partial charge in [0, 0.05) is 19.2 Å². The topological polar surface area (TPSA) is 216 Å². The number of amides is 5. The number of aliphatic carboxylic acids is 1. The van der Waals surface area contributed by atoms with E-state index in [1.807, 2.05) is 13.8 Å². The van der Waals surface area contributed by atoms with Crippen molar-refractivity contribution in [1.82, 2.24) is 31.4 Å². The lowest BCUT2D eigenvalue weighted by molar-refractivity contribution is -0.162. The molecule has 232 valence electrons. The molecule has 0 spiro atoms. The third kappa shape index (κ3) is 8.47. The Kier molecular flexibility index (Phi) is 11.4. The summed E-state index contributed by atoms with van der Waals surface area (Å²) >= 11 is 0. The minimum absolute atomic E-state index is 0.0350. The van der Waals surface area contributed by atoms with E-state index in [1.165, 1.54) is 13.1 Å². The molecule has 5 amide bonds. The molecule has 2 saturated heterocycles. The fraction of sp³-hybridized carbons (Fsp3) is 0.692. The number of cyclic esters (lactones) is 1. The second kappa shape index (κ2) is 14.7. The molecule has 0 saturated carbocycles. The van der Waals surface area contributed by atoms with Crippen molar-refractivity contribution < 1.29 is 43.4 Å². The molecular formula is C26H39N7O9. The number of hydrazine groups is 1. The summed E-state index contributed by atoms with van der Waals surface area (Å²) < 4.78 is 5.43. The lowest BCUT2D eigenvalue weighted by Gasteiger charge is -2.36. The maximum Gasteiger partial charge on any atom is 0.330 e. The highest BCUT2D eigenvalue weighted by Gasteiger charge is 2.40. The smallest absolute Gasteiger partial charge is 0.330 e. The number of hydrazone groups is 1. The van der Waals surface area contributed by atoms with Gasteiger partial charge < -0.3 is 25.8 Å². The summed E-state index contributed by atoms with van der Waals surface area (Å²) in [5.74, 6) is -5.44. The van der Waals surface area contributed by atoms with Crippen LogP contribution in [0.5, 0.6) is 0 Å². The Morgan fingerprint density at radius 2 is 1.86 bits per heavy atom. The van der Waals surface area contributed by atoms with Crippen molar-refractivity contribution in [2.24, 2.45) is 11.0 Å². The molecular weight excluding hydrogens is 554 g/mol. The Balaban J connectivity index is 1.86. The summed E-state index contributed by atoms with van der Waals surface area (Å²) in [6.07, 6.45) is 2.16. The molecule has 16 heteroatoms. The number of ether oxygens (including phenoxy) is 1. The Labute approximate surface area is 242 Å². The van der Waals surface area contributed by atoms with Gasteiger partial charge in [-0.2, -0.15) is 5.10 Å². The van der Waals surface area contributed by atoms with Crippen LogP contribution in [-0.4, -0.2) is 106 Å². The minimum atomic E-state index is -1.45. The third-order valence-corrected chi connectivity index (χ3v) is 7.03. The SMILES string of the molecule is CC(C)C[C@H]1NC(=O)[C@@H](NC(=O)[C@@H]2CCC=NN2C(=O)CCC(=O)O)COC(=O)[C@@H]2CCCNN2C(=O)[C@H](C)NC1=O. The second-order valence-corrected chi connectivity index (χ2v) is 10.9. The fourth-order valence-corrected chi connectivity index (χ4v) is 4.85. The van der Waals surface area contributed by atoms with Crippen LogP contribution in [0.3, 0.4) is 0 Å². The normalized spacial score (nSPS) is 27.5. The average Bonchev–Trinajstić information content (AvgIpc) is 2.96. The summed E-state index contributed by atoms with van der Waals surface area (Å²) in [6.45, 7) is 4.99. The van der Waals surface area contributed by atoms with Gasteiger partial charge in [0.2, 0.25) is 23.6 Å². The highest BCUT2D eigenvalue weighted by Crippen LogP contribution is 2.17. The summed E-state index contributed by atoms with van der Waals surface area (Å²) in [5.41, 5.74) is 2.88. The van der Waals surface area contributed by atoms with E-state index in [4.69, 9.17) is 9.84 Å². The number of carboxylic acid groups (broad SMARTS) is 1. The molecule has 0 aliphatic carbocycles. The van der Waals surface area contributed by atoms with Crippen LogP contribution in [0, 0.1) is 5.92 Å². The maximum atomic E-state index is 13.4. The van der Waals surface area contributed by atoms with Gasteiger partial charge in [-0.25, -0.2) is 15.2 Å². The van der Waals surface area contributed by atoms with Crippen LogP contribution < -0.4 is 21.4 Å². The van der Waals surface area contributed by atoms with E-state index in [0.29, 0.717) is 19.4 Å². The number of rotatable bonds is 7. The number of carbonyl (C=O) groups excluding carboxylic acids is 6. The Morgan fingerprint density at radius 3 is 2.55 bits per heavy atom. The number of carbonyl (C=O) groups is 7. The first-order valence-electron chi connectivity index (χ1n) is 14.1. The van der Waals surface area contributed by atoms with Crippen LogP contribution in [0.1, 0.15) is 65.7 Å². The van der Waals surface area contributed by atoms with E-state index in [-0.39, 0.29) is 31.6 Å². The molecule has 0 aromatic heterocycles. The zero-order chi connectivity index (χ0) is 31.0. The van der Waals surface area contributed by atoms with Gasteiger partial charge >= 0.3 is 11.9 Å². The van der Waals surface area contributed by atoms with Crippen LogP contribution >= 0.6 is 0 Å². The van der Waals surface area contributed by atoms with Crippen LogP contribution in [0.4, 0.5) is 0 Å². The van der Waals surface area contributed by atoms with E-state index in [2.05, 4.69) is 26.5 Å². The maximum absolute atomic E-state index is 13.4. The molecule has 2 fully saturated rings. The fourth-order valence-electron chi connectivity index (χ4n) is 4.85. The quantitative estimate of drug-likeness (QED) is 0.213. The Morgan fingerprint density at radius 1 is 1.12 bits per heavy atom. The van der Waals surface area contributed by atoms with Crippen LogP contribution in [0.25, 0.3) is 0 Å². The number of hydrogen-bond donors (Lipinski definition) is 5. The molecule has 0 aromatic rings. The number of esters is 1. The first-order valence-corrected chi connectivity index (χ1v) is 14.1. The molecule has 3 rings (SSSR count). The van der Waals surface area contributed by atoms with E-state index >= 15 is 0 Å². The first kappa shape index (κ1) is 32.4. The lowest BCUT2D eigenvalue weighted by atomic mass is 10.0. The van der Waals surface area contributed by atoms with Gasteiger partial charge in [0.25, 0.3) is 5.91 Å². The molecule has 3 aliphatic heterocycles. The van der Waals surface area contributed by atoms with Crippen LogP contribution in [0.2, 0.25) is 0 Å². The number of nitrogens with one attached hydrogen (secondary N) is 4. The molecule has 0 bridgehead atoms. The van der Waals surface area contributed by atoms with Crippen molar-refractivity contribution in [1.29, 1.82) is 0 Å². The Bertz CT molecular complexity index is 1110. The van der Waals surface area contributed by atoms with Gasteiger partial charge in [-0.05, 0) is 44.9 Å². The lowest BCUT2D eigenvalue weighted by Crippen LogP contribution is -2.61. The molecule has 5 atom stereocenters. The zero-order valence-corrected chi connectivity index (χ0v) is 24.0. The van der Waals surface area contributed by atoms with Gasteiger partial charge in [0.05, 0.1) is 6.42 Å². The van der Waals surface area contributed by atoms with Gasteiger partial charge in [-0.1, -0.05) is 13.8 Å². The molecule has 5 N–H and O–H groups in total. The second-order valence-electron chi connectivity index (χ2n) is 10.9. The van der Waals surface area contributed by atoms with Crippen molar-refractivity contribution in [2.45, 2.75) is 95.9 Å². The number of fused-ring (bicyclic) bond motifs is 1. The standard InChI is InChI=1S/C26H39N7O9/c1-14(2)12-16-22(37)29-15(3)25(40)33-19(7-5-11-28-33)26(41)42-13-17(23(38)30-16)31-24(39)18-6-4-10-27-32(18)20(34)8-9-21(35)36/h10,14-19,28H,4-9,11-13H2,1-3H3,(H,29,37)(H,30,38)(H,31,39)(H,35,36)/t15-,16+,17-,18-,19-/m0/s1. The molecule has 3 heterocycles. The highest BCUT2D eigenvalue weighted by molar-refractivity contribution is 5.97. The van der Waals surface area contributed by atoms with Crippen molar-refractivity contribution in [3.05, 3.63) is 0 Å². The molecule has 0 radical (unpaired) electrons. The van der Waals surface area contributed by atoms with E-state index < -0.39 is 84.7 Å². The minimum Gasteiger partial charge on any atom is -0.481 e. The van der Waals surface area contributed by atoms with Gasteiger partial charge in [0.1, 0.15) is 36.8 Å². The predicted octanol–water partition coefficient (Wildman–Crippen LogP) is -1.60. The van der Waals surface area contributed by atoms with Gasteiger partial charge in [-0.15, -0.1) is 0 Å². The first-order chi connectivity index (χ1) is 19.9. The van der Waals surface area contributed by atoms with E-state index in [0.717, 1.165) is 10.0 Å². The molecule has 16 nitrogen and oxygen atoms in total. The summed E-state index contributed by atoms with van der Waals surface area (Å²) in [6, 6.07) is -5.70. The highest BCUT2D eigenvalue weighted by atomic mass is 16.5. The van der Waals surface area contributed by atoms with Crippen LogP contribution in [-0.2, 0) is 38.3 Å². The number of hydrogen-bond acceptors (Lipinski definition) is 10. The average molecular weight is 594 g/mol. The third-order valence-electron chi connectivity index (χ3n) is 7.03. The largest absolute Gasteiger partial charge is 0.481 e. The van der Waals surface area contributed by atoms with Crippen molar-refractivity contribution in [2.75, 3.05) is 13.2 Å². The van der Waals surface area contributed by atoms with Gasteiger partial charge in [0.15, 0.2) is 0 Å². The van der Waals surface area contributed by atoms with E-state index in [1.54, 1.807) is 0 Å². The molecule has 42 heavy (non-hydrogen) atoms. The number of nitrogens with zero attached hydrogens (tertiary/aromatic N) is 3. The predicted molar refractivity (Wildman–Crippen MR) is 145 cm³/mol. The summed E-state index contributed by atoms with van der Waals surface area (Å²) in [7, 11) is 0. The van der Waals surface area contributed by atoms with E-state index in [9.17, 15) is 33.6 Å². The molecule has 0 unspecified atom stereocenters.